The monoisotopic (exact) mass is 394 g/mol. The standard InChI is InChI=1S/C16H23O4.C2H6.Rb/c1-3-11(2)15(17)19-10-14-8-12-6-4-5-7-13(12)9-20-16(14)18;1-2;/h4-5,12-14H,3,6-10H2,1-2H3;1-2H3;/q-1;;+1. The number of carbonyl (C=O) groups excluding carboxylic acids is 2. The summed E-state index contributed by atoms with van der Waals surface area (Å²) in [6.07, 6.45) is 7.73. The molecule has 0 aromatic rings. The van der Waals surface area contributed by atoms with E-state index in [9.17, 15) is 9.59 Å². The quantitative estimate of drug-likeness (QED) is 0.400. The number of rotatable bonds is 4. The zero-order valence-electron chi connectivity index (χ0n) is 15.3. The van der Waals surface area contributed by atoms with E-state index in [2.05, 4.69) is 12.2 Å². The Balaban J connectivity index is 0.00000155. The first-order valence-electron chi connectivity index (χ1n) is 8.43. The van der Waals surface area contributed by atoms with Gasteiger partial charge in [-0.3, -0.25) is 15.5 Å². The van der Waals surface area contributed by atoms with E-state index in [1.807, 2.05) is 20.8 Å². The topological polar surface area (TPSA) is 52.6 Å². The first-order chi connectivity index (χ1) is 10.6. The van der Waals surface area contributed by atoms with E-state index in [0.717, 1.165) is 19.3 Å². The number of allylic oxidation sites excluding steroid dienone is 2. The molecule has 0 aromatic carbocycles. The summed E-state index contributed by atoms with van der Waals surface area (Å²) in [5.74, 6) is 0.738. The number of cyclic esters (lactones) is 1. The van der Waals surface area contributed by atoms with Gasteiger partial charge in [0, 0.05) is 0 Å². The van der Waals surface area contributed by atoms with Crippen molar-refractivity contribution in [2.24, 2.45) is 17.8 Å². The summed E-state index contributed by atoms with van der Waals surface area (Å²) in [4.78, 5) is 23.6. The van der Waals surface area contributed by atoms with Crippen molar-refractivity contribution >= 4 is 11.9 Å². The molecule has 4 nitrogen and oxygen atoms in total. The molecule has 2 rings (SSSR count). The molecule has 126 valence electrons. The van der Waals surface area contributed by atoms with E-state index < -0.39 is 0 Å². The van der Waals surface area contributed by atoms with Crippen LogP contribution < -0.4 is 58.2 Å². The molecule has 3 atom stereocenters. The Hall–Kier alpha value is 0.355. The Morgan fingerprint density at radius 1 is 1.30 bits per heavy atom. The Morgan fingerprint density at radius 2 is 1.91 bits per heavy atom. The zero-order chi connectivity index (χ0) is 16.5. The first kappa shape index (κ1) is 23.4. The minimum atomic E-state index is -0.315. The number of hydrogen-bond donors (Lipinski definition) is 0. The van der Waals surface area contributed by atoms with Crippen molar-refractivity contribution in [2.75, 3.05) is 13.2 Å². The van der Waals surface area contributed by atoms with Gasteiger partial charge in [-0.2, -0.15) is 13.3 Å². The molecule has 2 aliphatic rings. The van der Waals surface area contributed by atoms with Gasteiger partial charge < -0.3 is 9.47 Å². The fourth-order valence-electron chi connectivity index (χ4n) is 2.77. The van der Waals surface area contributed by atoms with Crippen LogP contribution >= 0.6 is 0 Å². The molecule has 3 unspecified atom stereocenters. The van der Waals surface area contributed by atoms with E-state index in [1.165, 1.54) is 0 Å². The van der Waals surface area contributed by atoms with Crippen molar-refractivity contribution in [2.45, 2.75) is 53.4 Å². The number of carbonyl (C=O) groups is 2. The van der Waals surface area contributed by atoms with E-state index in [0.29, 0.717) is 30.8 Å². The largest absolute Gasteiger partial charge is 1.00 e. The van der Waals surface area contributed by atoms with E-state index >= 15 is 0 Å². The SMILES string of the molecule is CC.CC[C-](C)C(=O)OCC1CC2CC=CCC2COC1=O.[Rb+]. The molecular formula is C18H29O4Rb. The maximum atomic E-state index is 12.0. The van der Waals surface area contributed by atoms with Crippen molar-refractivity contribution in [3.05, 3.63) is 18.1 Å². The van der Waals surface area contributed by atoms with Crippen molar-refractivity contribution < 1.29 is 77.3 Å². The van der Waals surface area contributed by atoms with Crippen LogP contribution in [0.25, 0.3) is 0 Å². The molecule has 1 heterocycles. The second-order valence-electron chi connectivity index (χ2n) is 5.76. The van der Waals surface area contributed by atoms with Crippen LogP contribution in [0.5, 0.6) is 0 Å². The van der Waals surface area contributed by atoms with Gasteiger partial charge in [-0.25, -0.2) is 0 Å². The van der Waals surface area contributed by atoms with Gasteiger partial charge in [-0.1, -0.05) is 32.9 Å². The third-order valence-corrected chi connectivity index (χ3v) is 4.37. The molecule has 0 bridgehead atoms. The van der Waals surface area contributed by atoms with Gasteiger partial charge in [-0.05, 0) is 31.1 Å². The molecule has 0 radical (unpaired) electrons. The summed E-state index contributed by atoms with van der Waals surface area (Å²) in [5.41, 5.74) is 0. The summed E-state index contributed by atoms with van der Waals surface area (Å²) >= 11 is 0. The molecule has 1 saturated heterocycles. The van der Waals surface area contributed by atoms with Crippen LogP contribution in [0, 0.1) is 23.7 Å². The second-order valence-corrected chi connectivity index (χ2v) is 5.76. The van der Waals surface area contributed by atoms with Gasteiger partial charge in [0.2, 0.25) is 0 Å². The summed E-state index contributed by atoms with van der Waals surface area (Å²) in [6.45, 7) is 8.31. The summed E-state index contributed by atoms with van der Waals surface area (Å²) in [7, 11) is 0. The van der Waals surface area contributed by atoms with Crippen molar-refractivity contribution in [1.82, 2.24) is 0 Å². The van der Waals surface area contributed by atoms with Gasteiger partial charge in [-0.15, -0.1) is 0 Å². The van der Waals surface area contributed by atoms with Crippen LogP contribution in [0.3, 0.4) is 0 Å². The Kier molecular flexibility index (Phi) is 12.9. The van der Waals surface area contributed by atoms with Crippen molar-refractivity contribution in [1.29, 1.82) is 0 Å². The molecule has 0 saturated carbocycles. The minimum absolute atomic E-state index is 0. The molecule has 0 spiro atoms. The van der Waals surface area contributed by atoms with Crippen LogP contribution in [0.4, 0.5) is 0 Å². The molecule has 1 aliphatic carbocycles. The third kappa shape index (κ3) is 7.41. The summed E-state index contributed by atoms with van der Waals surface area (Å²) in [6, 6.07) is 0. The minimum Gasteiger partial charge on any atom is -0.487 e. The number of hydrogen-bond acceptors (Lipinski definition) is 4. The van der Waals surface area contributed by atoms with Crippen molar-refractivity contribution in [3.63, 3.8) is 0 Å². The molecule has 23 heavy (non-hydrogen) atoms. The van der Waals surface area contributed by atoms with E-state index in [-0.39, 0.29) is 82.7 Å². The molecule has 0 aromatic heterocycles. The fourth-order valence-corrected chi connectivity index (χ4v) is 2.77. The van der Waals surface area contributed by atoms with E-state index in [1.54, 1.807) is 6.92 Å². The molecule has 1 fully saturated rings. The van der Waals surface area contributed by atoms with Crippen LogP contribution in [0.2, 0.25) is 0 Å². The number of fused-ring (bicyclic) bond motifs is 1. The first-order valence-corrected chi connectivity index (χ1v) is 8.43. The van der Waals surface area contributed by atoms with Gasteiger partial charge in [0.15, 0.2) is 5.97 Å². The van der Waals surface area contributed by atoms with Gasteiger partial charge in [0.25, 0.3) is 0 Å². The zero-order valence-corrected chi connectivity index (χ0v) is 20.2. The maximum Gasteiger partial charge on any atom is 1.00 e. The second kappa shape index (κ2) is 12.7. The molecule has 5 heteroatoms. The maximum absolute atomic E-state index is 12.0. The summed E-state index contributed by atoms with van der Waals surface area (Å²) < 4.78 is 10.6. The van der Waals surface area contributed by atoms with Gasteiger partial charge in [0.05, 0.1) is 12.5 Å². The Labute approximate surface area is 189 Å². The normalized spacial score (nSPS) is 25.6. The van der Waals surface area contributed by atoms with Gasteiger partial charge >= 0.3 is 64.2 Å². The van der Waals surface area contributed by atoms with Crippen LogP contribution in [0.1, 0.15) is 53.4 Å². The van der Waals surface area contributed by atoms with Crippen LogP contribution in [-0.2, 0) is 19.1 Å². The smallest absolute Gasteiger partial charge is 0.487 e. The third-order valence-electron chi connectivity index (χ3n) is 4.37. The molecule has 1 aliphatic heterocycles. The average Bonchev–Trinajstić information content (AvgIpc) is 2.73. The predicted molar refractivity (Wildman–Crippen MR) is 85.9 cm³/mol. The Morgan fingerprint density at radius 3 is 2.52 bits per heavy atom. The molecule has 0 amide bonds. The average molecular weight is 395 g/mol. The summed E-state index contributed by atoms with van der Waals surface area (Å²) in [5, 5.41) is 0. The fraction of sp³-hybridized carbons (Fsp3) is 0.722. The Bertz CT molecular complexity index is 394. The number of ether oxygens (including phenoxy) is 2. The number of esters is 2. The van der Waals surface area contributed by atoms with Crippen molar-refractivity contribution in [3.8, 4) is 0 Å². The molecule has 0 N–H and O–H groups in total. The molecular weight excluding hydrogens is 366 g/mol. The van der Waals surface area contributed by atoms with E-state index in [4.69, 9.17) is 9.47 Å². The van der Waals surface area contributed by atoms with Crippen LogP contribution in [0.15, 0.2) is 12.2 Å². The predicted octanol–water partition coefficient (Wildman–Crippen LogP) is 0.710. The van der Waals surface area contributed by atoms with Gasteiger partial charge in [0.1, 0.15) is 6.61 Å². The van der Waals surface area contributed by atoms with Crippen LogP contribution in [-0.4, -0.2) is 25.2 Å².